The van der Waals surface area contributed by atoms with Gasteiger partial charge in [-0.2, -0.15) is 0 Å². The summed E-state index contributed by atoms with van der Waals surface area (Å²) in [5, 5.41) is 2.42. The first-order valence-electron chi connectivity index (χ1n) is 7.79. The van der Waals surface area contributed by atoms with E-state index in [1.807, 2.05) is 35.2 Å². The number of hydrogen-bond donors (Lipinski definition) is 2. The van der Waals surface area contributed by atoms with E-state index in [1.165, 1.54) is 0 Å². The van der Waals surface area contributed by atoms with Gasteiger partial charge in [0.25, 0.3) is 0 Å². The summed E-state index contributed by atoms with van der Waals surface area (Å²) in [4.78, 5) is 14.1. The average molecular weight is 333 g/mol. The fraction of sp³-hybridized carbons (Fsp3) is 0.278. The van der Waals surface area contributed by atoms with Crippen LogP contribution in [0.1, 0.15) is 12.0 Å². The SMILES string of the molecule is NCCCN(CC(=O)Nc1cc(F)ccc1F)Cc1ccccc1. The molecule has 0 aliphatic rings. The zero-order chi connectivity index (χ0) is 17.4. The van der Waals surface area contributed by atoms with Gasteiger partial charge in [0.1, 0.15) is 11.6 Å². The number of anilines is 1. The molecule has 24 heavy (non-hydrogen) atoms. The van der Waals surface area contributed by atoms with Crippen LogP contribution >= 0.6 is 0 Å². The number of amides is 1. The number of halogens is 2. The van der Waals surface area contributed by atoms with Crippen molar-refractivity contribution in [3.8, 4) is 0 Å². The van der Waals surface area contributed by atoms with Crippen LogP contribution in [-0.4, -0.2) is 30.4 Å². The first kappa shape index (κ1) is 18.0. The van der Waals surface area contributed by atoms with E-state index in [4.69, 9.17) is 5.73 Å². The molecule has 0 heterocycles. The average Bonchev–Trinajstić information content (AvgIpc) is 2.57. The van der Waals surface area contributed by atoms with Crippen molar-refractivity contribution in [1.29, 1.82) is 0 Å². The van der Waals surface area contributed by atoms with Gasteiger partial charge in [-0.15, -0.1) is 0 Å². The molecule has 0 saturated heterocycles. The molecule has 0 fully saturated rings. The molecule has 2 aromatic rings. The lowest BCUT2D eigenvalue weighted by Gasteiger charge is -2.21. The Kier molecular flexibility index (Phi) is 6.84. The number of nitrogens with one attached hydrogen (secondary N) is 1. The van der Waals surface area contributed by atoms with Crippen molar-refractivity contribution in [3.05, 3.63) is 65.7 Å². The fourth-order valence-electron chi connectivity index (χ4n) is 2.36. The summed E-state index contributed by atoms with van der Waals surface area (Å²) < 4.78 is 26.8. The second-order valence-electron chi connectivity index (χ2n) is 5.51. The molecule has 0 aromatic heterocycles. The third kappa shape index (κ3) is 5.72. The van der Waals surface area contributed by atoms with Crippen LogP contribution in [0.3, 0.4) is 0 Å². The second kappa shape index (κ2) is 9.10. The largest absolute Gasteiger partial charge is 0.330 e. The van der Waals surface area contributed by atoms with Gasteiger partial charge in [0.2, 0.25) is 5.91 Å². The number of nitrogens with two attached hydrogens (primary N) is 1. The van der Waals surface area contributed by atoms with Crippen molar-refractivity contribution in [2.24, 2.45) is 5.73 Å². The third-order valence-electron chi connectivity index (χ3n) is 3.50. The lowest BCUT2D eigenvalue weighted by atomic mass is 10.2. The zero-order valence-electron chi connectivity index (χ0n) is 13.3. The van der Waals surface area contributed by atoms with E-state index in [9.17, 15) is 13.6 Å². The Morgan fingerprint density at radius 3 is 2.58 bits per heavy atom. The van der Waals surface area contributed by atoms with E-state index in [0.717, 1.165) is 30.2 Å². The molecule has 0 radical (unpaired) electrons. The van der Waals surface area contributed by atoms with Crippen LogP contribution in [0.4, 0.5) is 14.5 Å². The van der Waals surface area contributed by atoms with Gasteiger partial charge in [0.15, 0.2) is 0 Å². The minimum absolute atomic E-state index is 0.0743. The summed E-state index contributed by atoms with van der Waals surface area (Å²) in [5.41, 5.74) is 6.46. The van der Waals surface area contributed by atoms with Crippen molar-refractivity contribution < 1.29 is 13.6 Å². The first-order chi connectivity index (χ1) is 11.6. The first-order valence-corrected chi connectivity index (χ1v) is 7.79. The van der Waals surface area contributed by atoms with Crippen molar-refractivity contribution >= 4 is 11.6 Å². The normalized spacial score (nSPS) is 10.8. The summed E-state index contributed by atoms with van der Waals surface area (Å²) in [6.07, 6.45) is 0.744. The van der Waals surface area contributed by atoms with Crippen LogP contribution < -0.4 is 11.1 Å². The molecule has 0 spiro atoms. The lowest BCUT2D eigenvalue weighted by molar-refractivity contribution is -0.117. The van der Waals surface area contributed by atoms with Crippen LogP contribution in [0.2, 0.25) is 0 Å². The Hall–Kier alpha value is -2.31. The Bertz CT molecular complexity index is 665. The van der Waals surface area contributed by atoms with Crippen molar-refractivity contribution in [2.75, 3.05) is 25.0 Å². The summed E-state index contributed by atoms with van der Waals surface area (Å²) in [7, 11) is 0. The highest BCUT2D eigenvalue weighted by Gasteiger charge is 2.13. The molecule has 0 atom stereocenters. The van der Waals surface area contributed by atoms with E-state index < -0.39 is 17.5 Å². The number of benzene rings is 2. The quantitative estimate of drug-likeness (QED) is 0.781. The van der Waals surface area contributed by atoms with Crippen LogP contribution in [-0.2, 0) is 11.3 Å². The molecule has 0 saturated carbocycles. The van der Waals surface area contributed by atoms with Crippen molar-refractivity contribution in [3.63, 3.8) is 0 Å². The summed E-state index contributed by atoms with van der Waals surface area (Å²) in [6.45, 7) is 1.82. The van der Waals surface area contributed by atoms with Gasteiger partial charge in [0.05, 0.1) is 12.2 Å². The Morgan fingerprint density at radius 1 is 1.12 bits per heavy atom. The minimum Gasteiger partial charge on any atom is -0.330 e. The van der Waals surface area contributed by atoms with Gasteiger partial charge in [-0.05, 0) is 30.7 Å². The number of rotatable bonds is 8. The molecule has 6 heteroatoms. The highest BCUT2D eigenvalue weighted by Crippen LogP contribution is 2.15. The predicted octanol–water partition coefficient (Wildman–Crippen LogP) is 2.75. The molecule has 2 aromatic carbocycles. The van der Waals surface area contributed by atoms with Crippen LogP contribution in [0.15, 0.2) is 48.5 Å². The number of carbonyl (C=O) groups excluding carboxylic acids is 1. The summed E-state index contributed by atoms with van der Waals surface area (Å²) >= 11 is 0. The van der Waals surface area contributed by atoms with E-state index >= 15 is 0 Å². The maximum absolute atomic E-state index is 13.6. The number of carbonyl (C=O) groups is 1. The Labute approximate surface area is 140 Å². The van der Waals surface area contributed by atoms with Gasteiger partial charge in [0, 0.05) is 19.2 Å². The van der Waals surface area contributed by atoms with Crippen molar-refractivity contribution in [1.82, 2.24) is 4.90 Å². The Morgan fingerprint density at radius 2 is 1.88 bits per heavy atom. The monoisotopic (exact) mass is 333 g/mol. The van der Waals surface area contributed by atoms with Crippen LogP contribution in [0.5, 0.6) is 0 Å². The minimum atomic E-state index is -0.665. The fourth-order valence-corrected chi connectivity index (χ4v) is 2.36. The molecule has 4 nitrogen and oxygen atoms in total. The number of hydrogen-bond acceptors (Lipinski definition) is 3. The molecule has 2 rings (SSSR count). The maximum Gasteiger partial charge on any atom is 0.238 e. The van der Waals surface area contributed by atoms with E-state index in [2.05, 4.69) is 5.32 Å². The van der Waals surface area contributed by atoms with Crippen LogP contribution in [0, 0.1) is 11.6 Å². The van der Waals surface area contributed by atoms with Crippen molar-refractivity contribution in [2.45, 2.75) is 13.0 Å². The molecule has 128 valence electrons. The van der Waals surface area contributed by atoms with E-state index in [-0.39, 0.29) is 12.2 Å². The summed E-state index contributed by atoms with van der Waals surface area (Å²) in [6, 6.07) is 12.7. The standard InChI is InChI=1S/C18H21F2N3O/c19-15-7-8-16(20)17(11-15)22-18(24)13-23(10-4-9-21)12-14-5-2-1-3-6-14/h1-3,5-8,11H,4,9-10,12-13,21H2,(H,22,24). The van der Waals surface area contributed by atoms with Gasteiger partial charge in [-0.1, -0.05) is 30.3 Å². The highest BCUT2D eigenvalue weighted by molar-refractivity contribution is 5.92. The molecular weight excluding hydrogens is 312 g/mol. The topological polar surface area (TPSA) is 58.4 Å². The maximum atomic E-state index is 13.6. The van der Waals surface area contributed by atoms with Gasteiger partial charge >= 0.3 is 0 Å². The lowest BCUT2D eigenvalue weighted by Crippen LogP contribution is -2.34. The van der Waals surface area contributed by atoms with E-state index in [1.54, 1.807) is 0 Å². The van der Waals surface area contributed by atoms with E-state index in [0.29, 0.717) is 19.6 Å². The third-order valence-corrected chi connectivity index (χ3v) is 3.50. The predicted molar refractivity (Wildman–Crippen MR) is 90.4 cm³/mol. The zero-order valence-corrected chi connectivity index (χ0v) is 13.3. The summed E-state index contributed by atoms with van der Waals surface area (Å²) in [5.74, 6) is -1.66. The molecule has 1 amide bonds. The highest BCUT2D eigenvalue weighted by atomic mass is 19.1. The second-order valence-corrected chi connectivity index (χ2v) is 5.51. The number of nitrogens with zero attached hydrogens (tertiary/aromatic N) is 1. The Balaban J connectivity index is 1.99. The molecule has 0 bridgehead atoms. The van der Waals surface area contributed by atoms with Gasteiger partial charge in [-0.3, -0.25) is 9.69 Å². The molecule has 0 aliphatic carbocycles. The molecule has 0 unspecified atom stereocenters. The molecular formula is C18H21F2N3O. The van der Waals surface area contributed by atoms with Crippen LogP contribution in [0.25, 0.3) is 0 Å². The molecule has 3 N–H and O–H groups in total. The molecule has 0 aliphatic heterocycles. The van der Waals surface area contributed by atoms with Gasteiger partial charge in [-0.25, -0.2) is 8.78 Å². The smallest absolute Gasteiger partial charge is 0.238 e. The van der Waals surface area contributed by atoms with Gasteiger partial charge < -0.3 is 11.1 Å².